The Morgan fingerprint density at radius 1 is 1.45 bits per heavy atom. The Labute approximate surface area is 123 Å². The van der Waals surface area contributed by atoms with Gasteiger partial charge in [-0.15, -0.1) is 11.6 Å². The SMILES string of the molecule is CCNC(=O)CCn1c(C(C)Cl)nc2ccc(C)nc21. The van der Waals surface area contributed by atoms with Crippen molar-refractivity contribution in [3.05, 3.63) is 23.7 Å². The molecule has 0 bridgehead atoms. The van der Waals surface area contributed by atoms with Crippen LogP contribution in [0.15, 0.2) is 12.1 Å². The summed E-state index contributed by atoms with van der Waals surface area (Å²) in [7, 11) is 0. The lowest BCUT2D eigenvalue weighted by Gasteiger charge is -2.10. The van der Waals surface area contributed by atoms with Crippen LogP contribution in [0.25, 0.3) is 11.2 Å². The van der Waals surface area contributed by atoms with Crippen LogP contribution < -0.4 is 5.32 Å². The molecule has 0 saturated heterocycles. The van der Waals surface area contributed by atoms with Crippen molar-refractivity contribution in [3.63, 3.8) is 0 Å². The molecule has 1 atom stereocenters. The fourth-order valence-electron chi connectivity index (χ4n) is 2.14. The molecule has 2 rings (SSSR count). The molecule has 1 unspecified atom stereocenters. The number of hydrogen-bond acceptors (Lipinski definition) is 3. The third kappa shape index (κ3) is 3.10. The first kappa shape index (κ1) is 14.8. The van der Waals surface area contributed by atoms with Crippen LogP contribution in [0.3, 0.4) is 0 Å². The number of hydrogen-bond donors (Lipinski definition) is 1. The zero-order valence-electron chi connectivity index (χ0n) is 12.0. The van der Waals surface area contributed by atoms with E-state index in [1.165, 1.54) is 0 Å². The Bertz CT molecular complexity index is 621. The van der Waals surface area contributed by atoms with Crippen molar-refractivity contribution in [3.8, 4) is 0 Å². The summed E-state index contributed by atoms with van der Waals surface area (Å²) in [6.45, 7) is 6.88. The molecule has 2 aromatic heterocycles. The number of halogens is 1. The zero-order chi connectivity index (χ0) is 14.7. The van der Waals surface area contributed by atoms with Crippen molar-refractivity contribution >= 4 is 28.7 Å². The summed E-state index contributed by atoms with van der Waals surface area (Å²) in [5.74, 6) is 0.777. The standard InChI is InChI=1S/C14H19ClN4O/c1-4-16-12(20)7-8-19-13(10(3)15)18-11-6-5-9(2)17-14(11)19/h5-6,10H,4,7-8H2,1-3H3,(H,16,20). The average molecular weight is 295 g/mol. The number of nitrogens with one attached hydrogen (secondary N) is 1. The molecule has 0 fully saturated rings. The normalized spacial score (nSPS) is 12.6. The second-order valence-corrected chi connectivity index (χ2v) is 5.39. The van der Waals surface area contributed by atoms with Gasteiger partial charge in [-0.3, -0.25) is 4.79 Å². The van der Waals surface area contributed by atoms with E-state index in [2.05, 4.69) is 15.3 Å². The highest BCUT2D eigenvalue weighted by Crippen LogP contribution is 2.24. The number of rotatable bonds is 5. The Morgan fingerprint density at radius 3 is 2.85 bits per heavy atom. The monoisotopic (exact) mass is 294 g/mol. The number of aromatic nitrogens is 3. The van der Waals surface area contributed by atoms with Gasteiger partial charge in [0.2, 0.25) is 5.91 Å². The van der Waals surface area contributed by atoms with Crippen LogP contribution >= 0.6 is 11.6 Å². The second kappa shape index (κ2) is 6.22. The Hall–Kier alpha value is -1.62. The van der Waals surface area contributed by atoms with Crippen molar-refractivity contribution in [2.24, 2.45) is 0 Å². The summed E-state index contributed by atoms with van der Waals surface area (Å²) in [6, 6.07) is 3.86. The topological polar surface area (TPSA) is 59.8 Å². The lowest BCUT2D eigenvalue weighted by atomic mass is 10.3. The number of nitrogens with zero attached hydrogens (tertiary/aromatic N) is 3. The van der Waals surface area contributed by atoms with E-state index in [1.54, 1.807) is 0 Å². The lowest BCUT2D eigenvalue weighted by molar-refractivity contribution is -0.121. The van der Waals surface area contributed by atoms with Gasteiger partial charge in [-0.25, -0.2) is 9.97 Å². The Balaban J connectivity index is 2.35. The van der Waals surface area contributed by atoms with E-state index in [1.807, 2.05) is 37.5 Å². The molecule has 1 amide bonds. The van der Waals surface area contributed by atoms with Crippen molar-refractivity contribution < 1.29 is 4.79 Å². The number of aryl methyl sites for hydroxylation is 2. The van der Waals surface area contributed by atoms with E-state index in [0.29, 0.717) is 19.5 Å². The molecular formula is C14H19ClN4O. The molecular weight excluding hydrogens is 276 g/mol. The van der Waals surface area contributed by atoms with Gasteiger partial charge < -0.3 is 9.88 Å². The van der Waals surface area contributed by atoms with Crippen molar-refractivity contribution in [1.29, 1.82) is 0 Å². The van der Waals surface area contributed by atoms with Crippen molar-refractivity contribution in [1.82, 2.24) is 19.9 Å². The van der Waals surface area contributed by atoms with Crippen molar-refractivity contribution in [2.75, 3.05) is 6.54 Å². The van der Waals surface area contributed by atoms with E-state index in [0.717, 1.165) is 22.7 Å². The summed E-state index contributed by atoms with van der Waals surface area (Å²) in [6.07, 6.45) is 0.394. The fraction of sp³-hybridized carbons (Fsp3) is 0.500. The predicted octanol–water partition coefficient (Wildman–Crippen LogP) is 2.57. The minimum absolute atomic E-state index is 0.0233. The first-order valence-electron chi connectivity index (χ1n) is 6.77. The molecule has 2 heterocycles. The maximum atomic E-state index is 11.6. The number of pyridine rings is 1. The molecule has 0 aliphatic rings. The number of fused-ring (bicyclic) bond motifs is 1. The van der Waals surface area contributed by atoms with Crippen LogP contribution in [0.1, 0.15) is 37.2 Å². The highest BCUT2D eigenvalue weighted by molar-refractivity contribution is 6.20. The van der Waals surface area contributed by atoms with Crippen LogP contribution in [0, 0.1) is 6.92 Å². The first-order chi connectivity index (χ1) is 9.52. The van der Waals surface area contributed by atoms with E-state index in [4.69, 9.17) is 11.6 Å². The molecule has 0 aliphatic heterocycles. The van der Waals surface area contributed by atoms with Crippen LogP contribution in [0.2, 0.25) is 0 Å². The maximum absolute atomic E-state index is 11.6. The molecule has 0 spiro atoms. The highest BCUT2D eigenvalue weighted by atomic mass is 35.5. The number of carbonyl (C=O) groups is 1. The van der Waals surface area contributed by atoms with Gasteiger partial charge in [0, 0.05) is 25.2 Å². The third-order valence-corrected chi connectivity index (χ3v) is 3.25. The molecule has 2 aromatic rings. The molecule has 20 heavy (non-hydrogen) atoms. The average Bonchev–Trinajstić information content (AvgIpc) is 2.75. The maximum Gasteiger partial charge on any atom is 0.221 e. The fourth-order valence-corrected chi connectivity index (χ4v) is 2.30. The molecule has 0 saturated carbocycles. The van der Waals surface area contributed by atoms with Gasteiger partial charge in [-0.05, 0) is 32.9 Å². The smallest absolute Gasteiger partial charge is 0.221 e. The number of carbonyl (C=O) groups excluding carboxylic acids is 1. The van der Waals surface area contributed by atoms with Gasteiger partial charge in [0.25, 0.3) is 0 Å². The quantitative estimate of drug-likeness (QED) is 0.862. The van der Waals surface area contributed by atoms with Crippen LogP contribution in [-0.2, 0) is 11.3 Å². The van der Waals surface area contributed by atoms with Gasteiger partial charge in [-0.1, -0.05) is 0 Å². The summed E-state index contributed by atoms with van der Waals surface area (Å²) < 4.78 is 1.94. The largest absolute Gasteiger partial charge is 0.356 e. The summed E-state index contributed by atoms with van der Waals surface area (Å²) >= 11 is 6.18. The molecule has 0 aromatic carbocycles. The number of alkyl halides is 1. The Kier molecular flexibility index (Phi) is 4.60. The zero-order valence-corrected chi connectivity index (χ0v) is 12.7. The van der Waals surface area contributed by atoms with Gasteiger partial charge in [0.1, 0.15) is 11.3 Å². The van der Waals surface area contributed by atoms with E-state index >= 15 is 0 Å². The Morgan fingerprint density at radius 2 is 2.20 bits per heavy atom. The van der Waals surface area contributed by atoms with E-state index in [9.17, 15) is 4.79 Å². The second-order valence-electron chi connectivity index (χ2n) is 4.74. The summed E-state index contributed by atoms with van der Waals surface area (Å²) in [5, 5.41) is 2.57. The molecule has 0 radical (unpaired) electrons. The number of imidazole rings is 1. The third-order valence-electron chi connectivity index (χ3n) is 3.05. The predicted molar refractivity (Wildman–Crippen MR) is 79.8 cm³/mol. The van der Waals surface area contributed by atoms with Crippen LogP contribution in [0.5, 0.6) is 0 Å². The summed E-state index contributed by atoms with van der Waals surface area (Å²) in [4.78, 5) is 20.7. The summed E-state index contributed by atoms with van der Waals surface area (Å²) in [5.41, 5.74) is 2.52. The molecule has 108 valence electrons. The number of amides is 1. The molecule has 0 aliphatic carbocycles. The van der Waals surface area contributed by atoms with Crippen molar-refractivity contribution in [2.45, 2.75) is 39.1 Å². The minimum Gasteiger partial charge on any atom is -0.356 e. The van der Waals surface area contributed by atoms with E-state index < -0.39 is 0 Å². The first-order valence-corrected chi connectivity index (χ1v) is 7.21. The van der Waals surface area contributed by atoms with Crippen LogP contribution in [0.4, 0.5) is 0 Å². The van der Waals surface area contributed by atoms with Gasteiger partial charge in [0.15, 0.2) is 5.65 Å². The molecule has 6 heteroatoms. The van der Waals surface area contributed by atoms with E-state index in [-0.39, 0.29) is 11.3 Å². The molecule has 1 N–H and O–H groups in total. The lowest BCUT2D eigenvalue weighted by Crippen LogP contribution is -2.24. The van der Waals surface area contributed by atoms with Crippen LogP contribution in [-0.4, -0.2) is 27.0 Å². The van der Waals surface area contributed by atoms with Gasteiger partial charge >= 0.3 is 0 Å². The highest BCUT2D eigenvalue weighted by Gasteiger charge is 2.16. The molecule has 5 nitrogen and oxygen atoms in total. The van der Waals surface area contributed by atoms with Gasteiger partial charge in [0.05, 0.1) is 5.38 Å². The van der Waals surface area contributed by atoms with Gasteiger partial charge in [-0.2, -0.15) is 0 Å². The minimum atomic E-state index is -0.223.